The predicted octanol–water partition coefficient (Wildman–Crippen LogP) is 2.36. The molecule has 0 radical (unpaired) electrons. The first-order valence-corrected chi connectivity index (χ1v) is 6.15. The molecule has 2 unspecified atom stereocenters. The summed E-state index contributed by atoms with van der Waals surface area (Å²) in [5.74, 6) is -0.725. The lowest BCUT2D eigenvalue weighted by Gasteiger charge is -2.27. The van der Waals surface area contributed by atoms with Crippen LogP contribution in [0.15, 0.2) is 16.8 Å². The van der Waals surface area contributed by atoms with Crippen molar-refractivity contribution in [2.24, 2.45) is 0 Å². The highest BCUT2D eigenvalue weighted by atomic mass is 32.1. The van der Waals surface area contributed by atoms with E-state index >= 15 is 0 Å². The van der Waals surface area contributed by atoms with Crippen molar-refractivity contribution in [2.45, 2.75) is 31.8 Å². The number of likely N-dealkylation sites (tertiary alicyclic amines) is 1. The molecule has 1 N–H and O–H groups in total. The van der Waals surface area contributed by atoms with E-state index in [1.165, 1.54) is 5.56 Å². The normalized spacial score (nSPS) is 24.2. The summed E-state index contributed by atoms with van der Waals surface area (Å²) >= 11 is 1.67. The third-order valence-electron chi connectivity index (χ3n) is 3.08. The lowest BCUT2D eigenvalue weighted by Crippen LogP contribution is -2.38. The molecule has 0 spiro atoms. The summed E-state index contributed by atoms with van der Waals surface area (Å²) in [6.07, 6.45) is 2.17. The zero-order chi connectivity index (χ0) is 10.8. The summed E-state index contributed by atoms with van der Waals surface area (Å²) in [6.45, 7) is 2.67. The Kier molecular flexibility index (Phi) is 3.07. The van der Waals surface area contributed by atoms with Gasteiger partial charge in [0.05, 0.1) is 0 Å². The topological polar surface area (TPSA) is 40.5 Å². The van der Waals surface area contributed by atoms with Crippen LogP contribution in [0.5, 0.6) is 0 Å². The lowest BCUT2D eigenvalue weighted by molar-refractivity contribution is -0.143. The van der Waals surface area contributed by atoms with Crippen molar-refractivity contribution in [2.75, 3.05) is 6.54 Å². The van der Waals surface area contributed by atoms with Crippen LogP contribution in [-0.2, 0) is 4.79 Å². The number of thiophene rings is 1. The second kappa shape index (κ2) is 4.33. The van der Waals surface area contributed by atoms with Crippen LogP contribution in [0, 0.1) is 0 Å². The molecule has 1 aromatic rings. The van der Waals surface area contributed by atoms with E-state index in [-0.39, 0.29) is 6.04 Å². The first kappa shape index (κ1) is 10.6. The summed E-state index contributed by atoms with van der Waals surface area (Å²) in [5, 5.41) is 13.2. The molecule has 3 nitrogen and oxygen atoms in total. The Morgan fingerprint density at radius 3 is 3.13 bits per heavy atom. The molecule has 1 aliphatic rings. The van der Waals surface area contributed by atoms with Gasteiger partial charge in [0.25, 0.3) is 0 Å². The molecular formula is C11H15NO2S. The average molecular weight is 225 g/mol. The smallest absolute Gasteiger partial charge is 0.320 e. The third kappa shape index (κ3) is 2.06. The molecule has 1 saturated heterocycles. The van der Waals surface area contributed by atoms with Crippen molar-refractivity contribution in [3.8, 4) is 0 Å². The van der Waals surface area contributed by atoms with E-state index in [9.17, 15) is 4.79 Å². The van der Waals surface area contributed by atoms with Crippen LogP contribution in [0.25, 0.3) is 0 Å². The van der Waals surface area contributed by atoms with Gasteiger partial charge in [-0.1, -0.05) is 0 Å². The minimum Gasteiger partial charge on any atom is -0.480 e. The van der Waals surface area contributed by atoms with E-state index in [1.54, 1.807) is 18.3 Å². The molecule has 4 heteroatoms. The van der Waals surface area contributed by atoms with Gasteiger partial charge >= 0.3 is 5.97 Å². The lowest BCUT2D eigenvalue weighted by atomic mass is 10.1. The van der Waals surface area contributed by atoms with Crippen LogP contribution >= 0.6 is 11.3 Å². The number of carbonyl (C=O) groups is 1. The van der Waals surface area contributed by atoms with Crippen molar-refractivity contribution >= 4 is 17.3 Å². The van der Waals surface area contributed by atoms with Crippen molar-refractivity contribution in [3.05, 3.63) is 22.4 Å². The van der Waals surface area contributed by atoms with Crippen LogP contribution in [0.4, 0.5) is 0 Å². The Morgan fingerprint density at radius 1 is 1.73 bits per heavy atom. The number of rotatable bonds is 3. The second-order valence-electron chi connectivity index (χ2n) is 3.97. The van der Waals surface area contributed by atoms with Crippen LogP contribution in [-0.4, -0.2) is 28.6 Å². The highest BCUT2D eigenvalue weighted by molar-refractivity contribution is 7.07. The van der Waals surface area contributed by atoms with E-state index in [4.69, 9.17) is 5.11 Å². The quantitative estimate of drug-likeness (QED) is 0.858. The molecule has 0 aromatic carbocycles. The molecule has 1 fully saturated rings. The largest absolute Gasteiger partial charge is 0.480 e. The van der Waals surface area contributed by atoms with Gasteiger partial charge in [-0.05, 0) is 48.7 Å². The fourth-order valence-electron chi connectivity index (χ4n) is 2.22. The number of aliphatic carboxylic acids is 1. The van der Waals surface area contributed by atoms with Gasteiger partial charge in [0.15, 0.2) is 0 Å². The Hall–Kier alpha value is -0.870. The third-order valence-corrected chi connectivity index (χ3v) is 3.78. The first-order chi connectivity index (χ1) is 7.20. The molecule has 2 heterocycles. The number of carboxylic acid groups (broad SMARTS) is 1. The molecule has 0 amide bonds. The Balaban J connectivity index is 2.15. The number of hydrogen-bond donors (Lipinski definition) is 1. The van der Waals surface area contributed by atoms with Crippen molar-refractivity contribution in [3.63, 3.8) is 0 Å². The highest BCUT2D eigenvalue weighted by Gasteiger charge is 2.32. The molecule has 0 saturated carbocycles. The summed E-state index contributed by atoms with van der Waals surface area (Å²) in [7, 11) is 0. The van der Waals surface area contributed by atoms with Crippen molar-refractivity contribution in [1.82, 2.24) is 4.90 Å². The van der Waals surface area contributed by atoms with E-state index in [0.717, 1.165) is 19.4 Å². The Morgan fingerprint density at radius 2 is 2.53 bits per heavy atom. The van der Waals surface area contributed by atoms with Gasteiger partial charge in [0, 0.05) is 6.04 Å². The zero-order valence-corrected chi connectivity index (χ0v) is 9.54. The van der Waals surface area contributed by atoms with Gasteiger partial charge in [-0.2, -0.15) is 11.3 Å². The number of nitrogens with zero attached hydrogens (tertiary/aromatic N) is 1. The maximum absolute atomic E-state index is 11.0. The first-order valence-electron chi connectivity index (χ1n) is 5.21. The molecule has 0 bridgehead atoms. The van der Waals surface area contributed by atoms with Crippen molar-refractivity contribution < 1.29 is 9.90 Å². The minimum absolute atomic E-state index is 0.308. The molecule has 1 aliphatic heterocycles. The summed E-state index contributed by atoms with van der Waals surface area (Å²) in [6, 6.07) is 2.03. The second-order valence-corrected chi connectivity index (χ2v) is 4.75. The maximum Gasteiger partial charge on any atom is 0.320 e. The van der Waals surface area contributed by atoms with Gasteiger partial charge in [-0.25, -0.2) is 0 Å². The zero-order valence-electron chi connectivity index (χ0n) is 8.72. The van der Waals surface area contributed by atoms with Gasteiger partial charge in [0.2, 0.25) is 0 Å². The Labute approximate surface area is 93.3 Å². The van der Waals surface area contributed by atoms with E-state index in [1.807, 2.05) is 0 Å². The van der Waals surface area contributed by atoms with Gasteiger partial charge in [0.1, 0.15) is 6.04 Å². The number of carboxylic acids is 1. The fourth-order valence-corrected chi connectivity index (χ4v) is 2.92. The van der Waals surface area contributed by atoms with E-state index < -0.39 is 5.97 Å². The summed E-state index contributed by atoms with van der Waals surface area (Å²) in [4.78, 5) is 13.1. The summed E-state index contributed by atoms with van der Waals surface area (Å²) < 4.78 is 0. The molecule has 0 aliphatic carbocycles. The SMILES string of the molecule is CC(C(=O)O)N1CCCC1c1ccsc1. The monoisotopic (exact) mass is 225 g/mol. The fraction of sp³-hybridized carbons (Fsp3) is 0.545. The highest BCUT2D eigenvalue weighted by Crippen LogP contribution is 2.34. The van der Waals surface area contributed by atoms with Gasteiger partial charge < -0.3 is 5.11 Å². The molecule has 82 valence electrons. The van der Waals surface area contributed by atoms with Crippen LogP contribution in [0.2, 0.25) is 0 Å². The van der Waals surface area contributed by atoms with Gasteiger partial charge in [-0.15, -0.1) is 0 Å². The predicted molar refractivity (Wildman–Crippen MR) is 60.1 cm³/mol. The van der Waals surface area contributed by atoms with Gasteiger partial charge in [-0.3, -0.25) is 9.69 Å². The molecule has 1 aromatic heterocycles. The standard InChI is InChI=1S/C11H15NO2S/c1-8(11(13)14)12-5-2-3-10(12)9-4-6-15-7-9/h4,6-8,10H,2-3,5H2,1H3,(H,13,14). The summed E-state index contributed by atoms with van der Waals surface area (Å²) in [5.41, 5.74) is 1.27. The maximum atomic E-state index is 11.0. The van der Waals surface area contributed by atoms with E-state index in [2.05, 4.69) is 21.7 Å². The molecular weight excluding hydrogens is 210 g/mol. The van der Waals surface area contributed by atoms with Crippen molar-refractivity contribution in [1.29, 1.82) is 0 Å². The van der Waals surface area contributed by atoms with E-state index in [0.29, 0.717) is 6.04 Å². The van der Waals surface area contributed by atoms with Crippen LogP contribution in [0.3, 0.4) is 0 Å². The molecule has 2 atom stereocenters. The average Bonchev–Trinajstić information content (AvgIpc) is 2.86. The molecule has 2 rings (SSSR count). The van der Waals surface area contributed by atoms with Crippen LogP contribution < -0.4 is 0 Å². The van der Waals surface area contributed by atoms with Crippen LogP contribution in [0.1, 0.15) is 31.4 Å². The Bertz CT molecular complexity index is 336. The minimum atomic E-state index is -0.725. The number of hydrogen-bond acceptors (Lipinski definition) is 3. The molecule has 15 heavy (non-hydrogen) atoms.